The summed E-state index contributed by atoms with van der Waals surface area (Å²) in [5, 5.41) is 3.29. The standard InChI is InChI=1S/C9H13BrN2S/c1-12(7-4-11-5-7)6-8-2-3-9(10)13-8/h2-3,7,11H,4-6H2,1H3. The van der Waals surface area contributed by atoms with Crippen LogP contribution < -0.4 is 5.32 Å². The topological polar surface area (TPSA) is 15.3 Å². The van der Waals surface area contributed by atoms with E-state index in [-0.39, 0.29) is 0 Å². The summed E-state index contributed by atoms with van der Waals surface area (Å²) < 4.78 is 1.22. The number of thiophene rings is 1. The van der Waals surface area contributed by atoms with E-state index in [0.717, 1.165) is 25.7 Å². The first-order valence-electron chi connectivity index (χ1n) is 4.41. The molecule has 1 fully saturated rings. The normalized spacial score (nSPS) is 17.8. The number of halogens is 1. The molecule has 0 aromatic carbocycles. The predicted octanol–water partition coefficient (Wildman–Crippen LogP) is 1.91. The van der Waals surface area contributed by atoms with Crippen molar-refractivity contribution in [3.63, 3.8) is 0 Å². The van der Waals surface area contributed by atoms with Gasteiger partial charge in [-0.25, -0.2) is 0 Å². The smallest absolute Gasteiger partial charge is 0.0701 e. The lowest BCUT2D eigenvalue weighted by atomic mass is 10.1. The maximum atomic E-state index is 3.48. The van der Waals surface area contributed by atoms with Crippen molar-refractivity contribution in [1.82, 2.24) is 10.2 Å². The molecule has 0 atom stereocenters. The number of hydrogen-bond acceptors (Lipinski definition) is 3. The average Bonchev–Trinajstić information content (AvgIpc) is 2.31. The second-order valence-corrected chi connectivity index (χ2v) is 5.98. The molecule has 0 spiro atoms. The number of rotatable bonds is 3. The molecule has 0 radical (unpaired) electrons. The van der Waals surface area contributed by atoms with Crippen LogP contribution in [0.4, 0.5) is 0 Å². The van der Waals surface area contributed by atoms with Crippen LogP contribution in [0.25, 0.3) is 0 Å². The fourth-order valence-electron chi connectivity index (χ4n) is 1.40. The van der Waals surface area contributed by atoms with Crippen LogP contribution in [0.3, 0.4) is 0 Å². The van der Waals surface area contributed by atoms with E-state index >= 15 is 0 Å². The lowest BCUT2D eigenvalue weighted by Crippen LogP contribution is -2.55. The molecule has 1 aromatic heterocycles. The van der Waals surface area contributed by atoms with Gasteiger partial charge in [-0.05, 0) is 35.1 Å². The zero-order valence-corrected chi connectivity index (χ0v) is 9.99. The van der Waals surface area contributed by atoms with Crippen molar-refractivity contribution in [1.29, 1.82) is 0 Å². The second-order valence-electron chi connectivity index (χ2n) is 3.43. The maximum absolute atomic E-state index is 3.48. The molecule has 2 nitrogen and oxygen atoms in total. The molecule has 4 heteroatoms. The first kappa shape index (κ1) is 9.65. The summed E-state index contributed by atoms with van der Waals surface area (Å²) in [6.07, 6.45) is 0. The van der Waals surface area contributed by atoms with E-state index in [1.807, 2.05) is 11.3 Å². The van der Waals surface area contributed by atoms with Crippen molar-refractivity contribution >= 4 is 27.3 Å². The third-order valence-corrected chi connectivity index (χ3v) is 4.03. The van der Waals surface area contributed by atoms with Crippen LogP contribution in [0, 0.1) is 0 Å². The van der Waals surface area contributed by atoms with Gasteiger partial charge in [0.05, 0.1) is 3.79 Å². The molecule has 0 amide bonds. The molecule has 2 heterocycles. The largest absolute Gasteiger partial charge is 0.314 e. The van der Waals surface area contributed by atoms with Crippen molar-refractivity contribution in [2.45, 2.75) is 12.6 Å². The second kappa shape index (κ2) is 4.09. The van der Waals surface area contributed by atoms with Gasteiger partial charge in [0.25, 0.3) is 0 Å². The number of likely N-dealkylation sites (N-methyl/N-ethyl adjacent to an activating group) is 1. The van der Waals surface area contributed by atoms with Crippen molar-refractivity contribution < 1.29 is 0 Å². The summed E-state index contributed by atoms with van der Waals surface area (Å²) in [6.45, 7) is 3.36. The Labute approximate surface area is 91.1 Å². The first-order chi connectivity index (χ1) is 6.25. The summed E-state index contributed by atoms with van der Waals surface area (Å²) in [5.74, 6) is 0. The minimum atomic E-state index is 0.737. The zero-order valence-electron chi connectivity index (χ0n) is 7.59. The minimum absolute atomic E-state index is 0.737. The molecule has 13 heavy (non-hydrogen) atoms. The summed E-state index contributed by atoms with van der Waals surface area (Å²) in [6, 6.07) is 5.05. The highest BCUT2D eigenvalue weighted by Gasteiger charge is 2.21. The average molecular weight is 261 g/mol. The lowest BCUT2D eigenvalue weighted by molar-refractivity contribution is 0.174. The molecule has 1 aliphatic heterocycles. The van der Waals surface area contributed by atoms with Gasteiger partial charge in [0.2, 0.25) is 0 Å². The van der Waals surface area contributed by atoms with Crippen molar-refractivity contribution in [2.24, 2.45) is 0 Å². The summed E-state index contributed by atoms with van der Waals surface area (Å²) in [5.41, 5.74) is 0. The van der Waals surface area contributed by atoms with Gasteiger partial charge in [-0.2, -0.15) is 0 Å². The van der Waals surface area contributed by atoms with Gasteiger partial charge in [-0.1, -0.05) is 0 Å². The van der Waals surface area contributed by atoms with Crippen LogP contribution in [0.2, 0.25) is 0 Å². The Balaban J connectivity index is 1.89. The molecular formula is C9H13BrN2S. The van der Waals surface area contributed by atoms with Gasteiger partial charge in [-0.3, -0.25) is 4.90 Å². The fourth-order valence-corrected chi connectivity index (χ4v) is 2.94. The molecule has 1 aliphatic rings. The Morgan fingerprint density at radius 2 is 2.38 bits per heavy atom. The molecule has 1 N–H and O–H groups in total. The number of nitrogens with one attached hydrogen (secondary N) is 1. The van der Waals surface area contributed by atoms with E-state index in [2.05, 4.69) is 45.3 Å². The fraction of sp³-hybridized carbons (Fsp3) is 0.556. The molecule has 1 saturated heterocycles. The monoisotopic (exact) mass is 260 g/mol. The molecule has 1 aromatic rings. The molecule has 0 bridgehead atoms. The third-order valence-electron chi connectivity index (χ3n) is 2.42. The highest BCUT2D eigenvalue weighted by atomic mass is 79.9. The van der Waals surface area contributed by atoms with Crippen molar-refractivity contribution in [2.75, 3.05) is 20.1 Å². The molecular weight excluding hydrogens is 248 g/mol. The van der Waals surface area contributed by atoms with Gasteiger partial charge >= 0.3 is 0 Å². The molecule has 2 rings (SSSR count). The van der Waals surface area contributed by atoms with Crippen LogP contribution in [-0.4, -0.2) is 31.1 Å². The Kier molecular flexibility index (Phi) is 3.03. The Bertz CT molecular complexity index is 283. The molecule has 0 saturated carbocycles. The van der Waals surface area contributed by atoms with E-state index in [1.165, 1.54) is 8.66 Å². The first-order valence-corrected chi connectivity index (χ1v) is 6.02. The Hall–Kier alpha value is 0.1000. The number of nitrogens with zero attached hydrogens (tertiary/aromatic N) is 1. The van der Waals surface area contributed by atoms with Crippen LogP contribution in [-0.2, 0) is 6.54 Å². The van der Waals surface area contributed by atoms with E-state index in [1.54, 1.807) is 0 Å². The van der Waals surface area contributed by atoms with Gasteiger partial charge in [0.1, 0.15) is 0 Å². The molecule has 0 aliphatic carbocycles. The van der Waals surface area contributed by atoms with Gasteiger partial charge < -0.3 is 5.32 Å². The van der Waals surface area contributed by atoms with Crippen LogP contribution in [0.5, 0.6) is 0 Å². The van der Waals surface area contributed by atoms with Crippen LogP contribution in [0.15, 0.2) is 15.9 Å². The predicted molar refractivity (Wildman–Crippen MR) is 60.1 cm³/mol. The quantitative estimate of drug-likeness (QED) is 0.894. The molecule has 0 unspecified atom stereocenters. The minimum Gasteiger partial charge on any atom is -0.314 e. The lowest BCUT2D eigenvalue weighted by Gasteiger charge is -2.35. The van der Waals surface area contributed by atoms with E-state index < -0.39 is 0 Å². The molecule has 72 valence electrons. The summed E-state index contributed by atoms with van der Waals surface area (Å²) >= 11 is 5.30. The Morgan fingerprint density at radius 3 is 2.85 bits per heavy atom. The summed E-state index contributed by atoms with van der Waals surface area (Å²) in [7, 11) is 2.19. The third kappa shape index (κ3) is 2.31. The van der Waals surface area contributed by atoms with Gasteiger partial charge in [0, 0.05) is 30.6 Å². The van der Waals surface area contributed by atoms with E-state index in [4.69, 9.17) is 0 Å². The van der Waals surface area contributed by atoms with E-state index in [0.29, 0.717) is 0 Å². The van der Waals surface area contributed by atoms with Crippen molar-refractivity contribution in [3.05, 3.63) is 20.8 Å². The SMILES string of the molecule is CN(Cc1ccc(Br)s1)C1CNC1. The van der Waals surface area contributed by atoms with Crippen molar-refractivity contribution in [3.8, 4) is 0 Å². The van der Waals surface area contributed by atoms with Gasteiger partial charge in [0.15, 0.2) is 0 Å². The van der Waals surface area contributed by atoms with Gasteiger partial charge in [-0.15, -0.1) is 11.3 Å². The highest BCUT2D eigenvalue weighted by molar-refractivity contribution is 9.11. The number of hydrogen-bond donors (Lipinski definition) is 1. The summed E-state index contributed by atoms with van der Waals surface area (Å²) in [4.78, 5) is 3.84. The van der Waals surface area contributed by atoms with Crippen LogP contribution in [0.1, 0.15) is 4.88 Å². The van der Waals surface area contributed by atoms with E-state index in [9.17, 15) is 0 Å². The van der Waals surface area contributed by atoms with Crippen LogP contribution >= 0.6 is 27.3 Å². The Morgan fingerprint density at radius 1 is 1.62 bits per heavy atom. The maximum Gasteiger partial charge on any atom is 0.0701 e. The highest BCUT2D eigenvalue weighted by Crippen LogP contribution is 2.23. The zero-order chi connectivity index (χ0) is 9.26.